The molecule has 3 aromatic rings. The summed E-state index contributed by atoms with van der Waals surface area (Å²) in [6, 6.07) is 18.2. The number of amides is 1. The largest absolute Gasteiger partial charge is 0.481 e. The van der Waals surface area contributed by atoms with E-state index in [1.54, 1.807) is 6.92 Å². The minimum Gasteiger partial charge on any atom is -0.481 e. The average Bonchev–Trinajstić information content (AvgIpc) is 3.21. The van der Waals surface area contributed by atoms with E-state index < -0.39 is 28.9 Å². The zero-order chi connectivity index (χ0) is 23.1. The molecule has 8 nitrogen and oxygen atoms in total. The van der Waals surface area contributed by atoms with Crippen LogP contribution in [0.4, 0.5) is 0 Å². The lowest BCUT2D eigenvalue weighted by atomic mass is 9.79. The second-order valence-corrected chi connectivity index (χ2v) is 8.06. The first-order chi connectivity index (χ1) is 15.3. The maximum Gasteiger partial charge on any atom is 0.309 e. The molecular weight excluding hydrogens is 412 g/mol. The Morgan fingerprint density at radius 1 is 1.09 bits per heavy atom. The molecule has 4 N–H and O–H groups in total. The number of aliphatic carboxylic acids is 1. The number of aliphatic hydroxyl groups is 1. The summed E-state index contributed by atoms with van der Waals surface area (Å²) in [4.78, 5) is 35.7. The number of nitrogens with one attached hydrogen (secondary N) is 2. The number of carbonyl (C=O) groups excluding carboxylic acids is 1. The summed E-state index contributed by atoms with van der Waals surface area (Å²) in [5.41, 5.74) is 1.24. The van der Waals surface area contributed by atoms with Gasteiger partial charge in [-0.3, -0.25) is 14.4 Å². The van der Waals surface area contributed by atoms with Gasteiger partial charge in [0.05, 0.1) is 11.5 Å². The normalized spacial score (nSPS) is 13.8. The molecule has 0 bridgehead atoms. The molecule has 1 aromatic heterocycles. The van der Waals surface area contributed by atoms with E-state index in [2.05, 4.69) is 10.5 Å². The van der Waals surface area contributed by atoms with Crippen LogP contribution < -0.4 is 10.9 Å². The van der Waals surface area contributed by atoms with Crippen LogP contribution in [0.3, 0.4) is 0 Å². The molecule has 0 saturated carbocycles. The second-order valence-electron chi connectivity index (χ2n) is 8.06. The quantitative estimate of drug-likeness (QED) is 0.385. The summed E-state index contributed by atoms with van der Waals surface area (Å²) >= 11 is 0. The van der Waals surface area contributed by atoms with Crippen molar-refractivity contribution in [2.24, 2.45) is 5.41 Å². The summed E-state index contributed by atoms with van der Waals surface area (Å²) in [6.07, 6.45) is 0.494. The van der Waals surface area contributed by atoms with Crippen molar-refractivity contribution in [3.05, 3.63) is 82.3 Å². The number of benzene rings is 2. The van der Waals surface area contributed by atoms with Crippen molar-refractivity contribution in [1.29, 1.82) is 0 Å². The molecule has 2 aromatic carbocycles. The fraction of sp³-hybridized carbons (Fsp3) is 0.292. The van der Waals surface area contributed by atoms with Crippen LogP contribution in [0.25, 0.3) is 11.1 Å². The highest BCUT2D eigenvalue weighted by molar-refractivity contribution is 5.91. The van der Waals surface area contributed by atoms with Gasteiger partial charge in [-0.15, -0.1) is 0 Å². The number of aliphatic hydroxyl groups excluding tert-OH is 1. The molecule has 0 aliphatic heterocycles. The van der Waals surface area contributed by atoms with Gasteiger partial charge in [0.2, 0.25) is 5.76 Å². The highest BCUT2D eigenvalue weighted by Crippen LogP contribution is 2.29. The van der Waals surface area contributed by atoms with Crippen LogP contribution in [0, 0.1) is 5.41 Å². The number of aromatic amines is 1. The van der Waals surface area contributed by atoms with E-state index in [1.165, 1.54) is 0 Å². The number of aromatic nitrogens is 1. The Morgan fingerprint density at radius 2 is 1.75 bits per heavy atom. The number of carboxylic acid groups (broad SMARTS) is 1. The number of hydrogen-bond acceptors (Lipinski definition) is 5. The summed E-state index contributed by atoms with van der Waals surface area (Å²) in [6.45, 7) is 1.25. The summed E-state index contributed by atoms with van der Waals surface area (Å²) < 4.78 is 4.86. The van der Waals surface area contributed by atoms with Crippen molar-refractivity contribution in [3.63, 3.8) is 0 Å². The first-order valence-corrected chi connectivity index (χ1v) is 10.3. The monoisotopic (exact) mass is 438 g/mol. The molecule has 0 aliphatic rings. The molecule has 2 atom stereocenters. The molecule has 0 unspecified atom stereocenters. The summed E-state index contributed by atoms with van der Waals surface area (Å²) in [7, 11) is 0. The third kappa shape index (κ3) is 5.73. The number of hydrogen-bond donors (Lipinski definition) is 4. The van der Waals surface area contributed by atoms with Crippen molar-refractivity contribution < 1.29 is 24.3 Å². The number of H-pyrrole nitrogens is 1. The Morgan fingerprint density at radius 3 is 2.31 bits per heavy atom. The van der Waals surface area contributed by atoms with Crippen LogP contribution in [-0.4, -0.2) is 39.9 Å². The highest BCUT2D eigenvalue weighted by atomic mass is 16.5. The molecule has 8 heteroatoms. The molecule has 0 aliphatic carbocycles. The Bertz CT molecular complexity index is 1100. The van der Waals surface area contributed by atoms with Gasteiger partial charge in [0.25, 0.3) is 11.5 Å². The van der Waals surface area contributed by atoms with Crippen molar-refractivity contribution in [2.75, 3.05) is 6.61 Å². The van der Waals surface area contributed by atoms with Gasteiger partial charge < -0.3 is 20.1 Å². The van der Waals surface area contributed by atoms with Gasteiger partial charge >= 0.3 is 5.97 Å². The number of carbonyl (C=O) groups is 2. The maximum absolute atomic E-state index is 12.6. The molecule has 168 valence electrons. The van der Waals surface area contributed by atoms with E-state index in [-0.39, 0.29) is 25.2 Å². The van der Waals surface area contributed by atoms with Crippen molar-refractivity contribution in [2.45, 2.75) is 32.2 Å². The molecular formula is C24H26N2O6. The van der Waals surface area contributed by atoms with Crippen LogP contribution >= 0.6 is 0 Å². The SMILES string of the molecule is C[C@@](CCO)(C[C@@H](Cc1ccc(-c2ccccc2)cc1)NC(=O)c1cc(=O)[nH]o1)C(=O)O. The third-order valence-electron chi connectivity index (χ3n) is 5.50. The van der Waals surface area contributed by atoms with E-state index in [4.69, 9.17) is 4.52 Å². The molecule has 0 spiro atoms. The van der Waals surface area contributed by atoms with Crippen LogP contribution in [0.1, 0.15) is 35.9 Å². The topological polar surface area (TPSA) is 133 Å². The molecule has 1 heterocycles. The zero-order valence-electron chi connectivity index (χ0n) is 17.7. The Hall–Kier alpha value is -3.65. The molecule has 1 amide bonds. The first-order valence-electron chi connectivity index (χ1n) is 10.3. The number of carboxylic acids is 1. The highest BCUT2D eigenvalue weighted by Gasteiger charge is 2.36. The van der Waals surface area contributed by atoms with Crippen molar-refractivity contribution in [1.82, 2.24) is 10.5 Å². The van der Waals surface area contributed by atoms with Gasteiger partial charge in [-0.05, 0) is 42.9 Å². The fourth-order valence-corrected chi connectivity index (χ4v) is 3.66. The minimum atomic E-state index is -1.24. The molecule has 32 heavy (non-hydrogen) atoms. The predicted octanol–water partition coefficient (Wildman–Crippen LogP) is 2.84. The molecule has 0 radical (unpaired) electrons. The molecule has 3 rings (SSSR count). The van der Waals surface area contributed by atoms with Gasteiger partial charge in [-0.25, -0.2) is 0 Å². The second kappa shape index (κ2) is 10.1. The van der Waals surface area contributed by atoms with Crippen LogP contribution in [-0.2, 0) is 11.2 Å². The van der Waals surface area contributed by atoms with Crippen LogP contribution in [0.15, 0.2) is 70.0 Å². The van der Waals surface area contributed by atoms with E-state index >= 15 is 0 Å². The van der Waals surface area contributed by atoms with E-state index in [1.807, 2.05) is 54.6 Å². The standard InChI is InChI=1S/C24H26N2O6/c1-24(11-12-27,23(30)31)15-19(25-22(29)20-14-21(28)26-32-20)13-16-7-9-18(10-8-16)17-5-3-2-4-6-17/h2-10,14,19,27H,11-13,15H2,1H3,(H,25,29)(H,26,28)(H,30,31)/t19-,24-/m1/s1. The van der Waals surface area contributed by atoms with Gasteiger partial charge in [0, 0.05) is 12.6 Å². The smallest absolute Gasteiger partial charge is 0.309 e. The summed E-state index contributed by atoms with van der Waals surface area (Å²) in [5, 5.41) is 23.9. The van der Waals surface area contributed by atoms with Gasteiger partial charge in [-0.1, -0.05) is 54.6 Å². The Balaban J connectivity index is 1.81. The lowest BCUT2D eigenvalue weighted by Crippen LogP contribution is -2.43. The average molecular weight is 438 g/mol. The van der Waals surface area contributed by atoms with Gasteiger partial charge in [0.1, 0.15) is 0 Å². The van der Waals surface area contributed by atoms with Crippen molar-refractivity contribution in [3.8, 4) is 11.1 Å². The molecule has 0 saturated heterocycles. The first kappa shape index (κ1) is 23.0. The lowest BCUT2D eigenvalue weighted by molar-refractivity contribution is -0.149. The maximum atomic E-state index is 12.6. The van der Waals surface area contributed by atoms with Crippen LogP contribution in [0.2, 0.25) is 0 Å². The number of rotatable bonds is 10. The predicted molar refractivity (Wildman–Crippen MR) is 118 cm³/mol. The lowest BCUT2D eigenvalue weighted by Gasteiger charge is -2.29. The van der Waals surface area contributed by atoms with Crippen molar-refractivity contribution >= 4 is 11.9 Å². The van der Waals surface area contributed by atoms with E-state index in [0.29, 0.717) is 6.42 Å². The fourth-order valence-electron chi connectivity index (χ4n) is 3.66. The van der Waals surface area contributed by atoms with Gasteiger partial charge in [-0.2, -0.15) is 5.16 Å². The zero-order valence-corrected chi connectivity index (χ0v) is 17.7. The summed E-state index contributed by atoms with van der Waals surface area (Å²) in [5.74, 6) is -1.86. The minimum absolute atomic E-state index is 0.0425. The van der Waals surface area contributed by atoms with Gasteiger partial charge in [0.15, 0.2) is 0 Å². The molecule has 0 fully saturated rings. The van der Waals surface area contributed by atoms with Crippen LogP contribution in [0.5, 0.6) is 0 Å². The Kier molecular flexibility index (Phi) is 7.27. The third-order valence-corrected chi connectivity index (χ3v) is 5.50. The Labute approximate surface area is 184 Å². The van der Waals surface area contributed by atoms with E-state index in [0.717, 1.165) is 22.8 Å². The van der Waals surface area contributed by atoms with E-state index in [9.17, 15) is 24.6 Å².